The van der Waals surface area contributed by atoms with Crippen LogP contribution in [-0.2, 0) is 11.8 Å². The highest BCUT2D eigenvalue weighted by atomic mass is 16.3. The van der Waals surface area contributed by atoms with E-state index in [1.54, 1.807) is 0 Å². The predicted molar refractivity (Wildman–Crippen MR) is 81.7 cm³/mol. The number of benzene rings is 1. The minimum atomic E-state index is -0.672. The molecular weight excluding hydrogens is 248 g/mol. The molecule has 1 aromatic carbocycles. The largest absolute Gasteiger partial charge is 0.389 e. The van der Waals surface area contributed by atoms with Crippen molar-refractivity contribution >= 4 is 0 Å². The van der Waals surface area contributed by atoms with E-state index < -0.39 is 5.60 Å². The quantitative estimate of drug-likeness (QED) is 0.784. The molecule has 1 saturated heterocycles. The Bertz CT molecular complexity index is 490. The zero-order chi connectivity index (χ0) is 14.2. The Labute approximate surface area is 121 Å². The summed E-state index contributed by atoms with van der Waals surface area (Å²) in [7, 11) is 0. The van der Waals surface area contributed by atoms with Gasteiger partial charge in [-0.1, -0.05) is 31.2 Å². The third-order valence-corrected chi connectivity index (χ3v) is 5.77. The van der Waals surface area contributed by atoms with Gasteiger partial charge in [-0.25, -0.2) is 0 Å². The first-order valence-corrected chi connectivity index (χ1v) is 7.89. The summed E-state index contributed by atoms with van der Waals surface area (Å²) in [6.45, 7) is 4.50. The van der Waals surface area contributed by atoms with Crippen LogP contribution in [0.2, 0.25) is 0 Å². The van der Waals surface area contributed by atoms with Crippen LogP contribution in [0.25, 0.3) is 0 Å². The van der Waals surface area contributed by atoms with Crippen molar-refractivity contribution in [2.24, 2.45) is 11.7 Å². The maximum atomic E-state index is 11.6. The van der Waals surface area contributed by atoms with Crippen LogP contribution in [0.3, 0.4) is 0 Å². The molecule has 1 aliphatic carbocycles. The van der Waals surface area contributed by atoms with Gasteiger partial charge in [0.2, 0.25) is 0 Å². The van der Waals surface area contributed by atoms with Crippen molar-refractivity contribution < 1.29 is 5.11 Å². The normalized spacial score (nSPS) is 36.9. The molecule has 20 heavy (non-hydrogen) atoms. The summed E-state index contributed by atoms with van der Waals surface area (Å²) in [4.78, 5) is 0. The van der Waals surface area contributed by atoms with Gasteiger partial charge in [-0.05, 0) is 43.4 Å². The molecule has 0 bridgehead atoms. The van der Waals surface area contributed by atoms with E-state index in [4.69, 9.17) is 5.73 Å². The summed E-state index contributed by atoms with van der Waals surface area (Å²) >= 11 is 0. The predicted octanol–water partition coefficient (Wildman–Crippen LogP) is 1.58. The highest BCUT2D eigenvalue weighted by Crippen LogP contribution is 2.51. The number of hydrogen-bond donors (Lipinski definition) is 3. The fourth-order valence-corrected chi connectivity index (χ4v) is 4.57. The maximum absolute atomic E-state index is 11.6. The van der Waals surface area contributed by atoms with Gasteiger partial charge in [-0.15, -0.1) is 0 Å². The van der Waals surface area contributed by atoms with Crippen molar-refractivity contribution in [2.75, 3.05) is 19.6 Å². The number of nitrogens with one attached hydrogen (secondary N) is 1. The van der Waals surface area contributed by atoms with Crippen LogP contribution in [0, 0.1) is 5.92 Å². The van der Waals surface area contributed by atoms with Crippen LogP contribution in [0.1, 0.15) is 37.3 Å². The lowest BCUT2D eigenvalue weighted by atomic mass is 9.59. The van der Waals surface area contributed by atoms with Gasteiger partial charge in [-0.2, -0.15) is 0 Å². The summed E-state index contributed by atoms with van der Waals surface area (Å²) < 4.78 is 0. The molecule has 1 fully saturated rings. The highest BCUT2D eigenvalue weighted by Gasteiger charge is 2.57. The molecule has 1 heterocycles. The Hall–Kier alpha value is -0.900. The van der Waals surface area contributed by atoms with Crippen molar-refractivity contribution in [1.29, 1.82) is 0 Å². The molecule has 3 heteroatoms. The zero-order valence-electron chi connectivity index (χ0n) is 12.4. The Kier molecular flexibility index (Phi) is 3.61. The fourth-order valence-electron chi connectivity index (χ4n) is 4.57. The summed E-state index contributed by atoms with van der Waals surface area (Å²) in [5, 5.41) is 15.0. The van der Waals surface area contributed by atoms with E-state index in [0.717, 1.165) is 38.8 Å². The first-order valence-electron chi connectivity index (χ1n) is 7.89. The molecule has 3 atom stereocenters. The number of piperidine rings is 1. The molecule has 0 saturated carbocycles. The monoisotopic (exact) mass is 274 g/mol. The van der Waals surface area contributed by atoms with Crippen molar-refractivity contribution in [1.82, 2.24) is 5.32 Å². The average molecular weight is 274 g/mol. The van der Waals surface area contributed by atoms with E-state index in [1.807, 2.05) is 0 Å². The van der Waals surface area contributed by atoms with Crippen molar-refractivity contribution in [3.63, 3.8) is 0 Å². The summed E-state index contributed by atoms with van der Waals surface area (Å²) in [5.74, 6) is 0.283. The van der Waals surface area contributed by atoms with Crippen LogP contribution >= 0.6 is 0 Å². The summed E-state index contributed by atoms with van der Waals surface area (Å²) in [6, 6.07) is 8.55. The number of fused-ring (bicyclic) bond motifs is 1. The molecule has 2 aliphatic rings. The molecule has 3 unspecified atom stereocenters. The second-order valence-corrected chi connectivity index (χ2v) is 6.43. The number of aryl methyl sites for hydroxylation is 1. The Morgan fingerprint density at radius 1 is 1.35 bits per heavy atom. The highest BCUT2D eigenvalue weighted by molar-refractivity contribution is 5.43. The van der Waals surface area contributed by atoms with E-state index in [9.17, 15) is 5.11 Å². The molecule has 1 aromatic rings. The standard InChI is InChI=1S/C17H26N2O/c1-2-14-11-19-10-9-17(14,20)16(12-18)8-7-13-5-3-4-6-15(13)16/h3-6,14,19-20H,2,7-12,18H2,1H3. The number of nitrogens with two attached hydrogens (primary N) is 1. The minimum absolute atomic E-state index is 0.258. The maximum Gasteiger partial charge on any atom is 0.0808 e. The van der Waals surface area contributed by atoms with E-state index >= 15 is 0 Å². The topological polar surface area (TPSA) is 58.3 Å². The van der Waals surface area contributed by atoms with Crippen LogP contribution < -0.4 is 11.1 Å². The van der Waals surface area contributed by atoms with E-state index in [1.165, 1.54) is 11.1 Å². The van der Waals surface area contributed by atoms with E-state index in [-0.39, 0.29) is 11.3 Å². The minimum Gasteiger partial charge on any atom is -0.389 e. The molecule has 3 nitrogen and oxygen atoms in total. The summed E-state index contributed by atoms with van der Waals surface area (Å²) in [5.41, 5.74) is 7.98. The number of hydrogen-bond acceptors (Lipinski definition) is 3. The fraction of sp³-hybridized carbons (Fsp3) is 0.647. The average Bonchev–Trinajstić information content (AvgIpc) is 2.88. The Morgan fingerprint density at radius 3 is 2.90 bits per heavy atom. The second kappa shape index (κ2) is 5.14. The Balaban J connectivity index is 2.09. The molecule has 1 aliphatic heterocycles. The molecule has 3 rings (SSSR count). The van der Waals surface area contributed by atoms with Crippen LogP contribution in [0.4, 0.5) is 0 Å². The van der Waals surface area contributed by atoms with Gasteiger partial charge in [0, 0.05) is 24.4 Å². The van der Waals surface area contributed by atoms with Crippen LogP contribution in [0.5, 0.6) is 0 Å². The lowest BCUT2D eigenvalue weighted by molar-refractivity contribution is -0.104. The van der Waals surface area contributed by atoms with E-state index in [2.05, 4.69) is 36.5 Å². The van der Waals surface area contributed by atoms with Gasteiger partial charge >= 0.3 is 0 Å². The van der Waals surface area contributed by atoms with Crippen LogP contribution in [0.15, 0.2) is 24.3 Å². The smallest absolute Gasteiger partial charge is 0.0808 e. The first kappa shape index (κ1) is 14.1. The van der Waals surface area contributed by atoms with Crippen molar-refractivity contribution in [2.45, 2.75) is 43.6 Å². The van der Waals surface area contributed by atoms with Gasteiger partial charge in [0.05, 0.1) is 5.60 Å². The third kappa shape index (κ3) is 1.77. The third-order valence-electron chi connectivity index (χ3n) is 5.77. The molecule has 0 amide bonds. The molecule has 0 spiro atoms. The van der Waals surface area contributed by atoms with Gasteiger partial charge in [0.25, 0.3) is 0 Å². The molecule has 4 N–H and O–H groups in total. The molecule has 0 aromatic heterocycles. The molecular formula is C17H26N2O. The van der Waals surface area contributed by atoms with Gasteiger partial charge in [0.1, 0.15) is 0 Å². The molecule has 0 radical (unpaired) electrons. The number of aliphatic hydroxyl groups is 1. The second-order valence-electron chi connectivity index (χ2n) is 6.43. The number of rotatable bonds is 3. The lowest BCUT2D eigenvalue weighted by Crippen LogP contribution is -2.64. The lowest BCUT2D eigenvalue weighted by Gasteiger charge is -2.52. The van der Waals surface area contributed by atoms with Crippen LogP contribution in [-0.4, -0.2) is 30.3 Å². The molecule has 110 valence electrons. The summed E-state index contributed by atoms with van der Waals surface area (Å²) in [6.07, 6.45) is 3.82. The van der Waals surface area contributed by atoms with E-state index in [0.29, 0.717) is 6.54 Å². The van der Waals surface area contributed by atoms with Gasteiger partial charge in [-0.3, -0.25) is 0 Å². The zero-order valence-corrected chi connectivity index (χ0v) is 12.4. The van der Waals surface area contributed by atoms with Crippen molar-refractivity contribution in [3.8, 4) is 0 Å². The SMILES string of the molecule is CCC1CNCCC1(O)C1(CN)CCc2ccccc21. The van der Waals surface area contributed by atoms with Crippen molar-refractivity contribution in [3.05, 3.63) is 35.4 Å². The van der Waals surface area contributed by atoms with Gasteiger partial charge < -0.3 is 16.2 Å². The Morgan fingerprint density at radius 2 is 2.15 bits per heavy atom. The first-order chi connectivity index (χ1) is 9.68. The van der Waals surface area contributed by atoms with Gasteiger partial charge in [0.15, 0.2) is 0 Å².